The molecule has 2 rings (SSSR count). The van der Waals surface area contributed by atoms with Gasteiger partial charge in [0.15, 0.2) is 5.60 Å². The molecule has 0 bridgehead atoms. The number of aromatic hydroxyl groups is 1. The lowest BCUT2D eigenvalue weighted by molar-refractivity contribution is -0.274. The summed E-state index contributed by atoms with van der Waals surface area (Å²) in [7, 11) is 0.974. The summed E-state index contributed by atoms with van der Waals surface area (Å²) in [5, 5.41) is 9.70. The molecular weight excluding hydrogens is 379 g/mol. The normalized spacial score (nSPS) is 14.0. The van der Waals surface area contributed by atoms with E-state index in [1.54, 1.807) is 18.2 Å². The molecule has 0 saturated carbocycles. The number of ether oxygens (including phenoxy) is 1. The first-order valence-corrected chi connectivity index (χ1v) is 8.51. The zero-order valence-electron chi connectivity index (χ0n) is 15.0. The Morgan fingerprint density at radius 2 is 1.89 bits per heavy atom. The molecule has 1 atom stereocenters. The van der Waals surface area contributed by atoms with Crippen molar-refractivity contribution < 1.29 is 23.0 Å². The van der Waals surface area contributed by atoms with Gasteiger partial charge >= 0.3 is 6.18 Å². The predicted molar refractivity (Wildman–Crippen MR) is 101 cm³/mol. The van der Waals surface area contributed by atoms with E-state index in [2.05, 4.69) is 6.58 Å². The molecule has 0 saturated heterocycles. The van der Waals surface area contributed by atoms with Crippen molar-refractivity contribution in [3.63, 3.8) is 0 Å². The number of alkyl halides is 3. The number of halogens is 4. The van der Waals surface area contributed by atoms with Crippen LogP contribution in [0.15, 0.2) is 43.0 Å². The first-order chi connectivity index (χ1) is 12.5. The van der Waals surface area contributed by atoms with Gasteiger partial charge in [-0.2, -0.15) is 13.2 Å². The number of phenols is 1. The Morgan fingerprint density at radius 1 is 1.22 bits per heavy atom. The van der Waals surface area contributed by atoms with Crippen molar-refractivity contribution in [1.82, 2.24) is 0 Å². The van der Waals surface area contributed by atoms with Crippen LogP contribution in [0.5, 0.6) is 5.75 Å². The number of hydrogen-bond donors (Lipinski definition) is 2. The standard InChI is InChI=1S/C20H21ClF3NO2/c1-12-6-14(4-5-15(12)11-25)13(2)10-19(27-3,20(22,23)24)16-7-17(21)9-18(26)8-16/h4-9,26H,2,10-11,25H2,1,3H3. The summed E-state index contributed by atoms with van der Waals surface area (Å²) in [6.07, 6.45) is -5.33. The first-order valence-electron chi connectivity index (χ1n) is 8.13. The van der Waals surface area contributed by atoms with Crippen LogP contribution in [0, 0.1) is 6.92 Å². The summed E-state index contributed by atoms with van der Waals surface area (Å²) in [6.45, 7) is 6.00. The molecule has 0 aliphatic carbocycles. The van der Waals surface area contributed by atoms with E-state index in [0.717, 1.165) is 36.4 Å². The Morgan fingerprint density at radius 3 is 2.37 bits per heavy atom. The molecule has 3 N–H and O–H groups in total. The zero-order valence-corrected chi connectivity index (χ0v) is 15.8. The lowest BCUT2D eigenvalue weighted by Gasteiger charge is -2.36. The van der Waals surface area contributed by atoms with Gasteiger partial charge in [-0.25, -0.2) is 0 Å². The number of phenolic OH excluding ortho intramolecular Hbond substituents is 1. The van der Waals surface area contributed by atoms with Gasteiger partial charge in [0.25, 0.3) is 0 Å². The molecule has 7 heteroatoms. The van der Waals surface area contributed by atoms with E-state index in [4.69, 9.17) is 22.1 Å². The number of methoxy groups -OCH3 is 1. The largest absolute Gasteiger partial charge is 0.508 e. The third-order valence-electron chi connectivity index (χ3n) is 4.59. The van der Waals surface area contributed by atoms with Crippen LogP contribution in [0.4, 0.5) is 13.2 Å². The highest BCUT2D eigenvalue weighted by atomic mass is 35.5. The van der Waals surface area contributed by atoms with Crippen molar-refractivity contribution in [1.29, 1.82) is 0 Å². The molecule has 0 spiro atoms. The lowest BCUT2D eigenvalue weighted by Crippen LogP contribution is -2.44. The predicted octanol–water partition coefficient (Wildman–Crippen LogP) is 5.32. The third kappa shape index (κ3) is 4.29. The zero-order chi connectivity index (χ0) is 20.4. The maximum absolute atomic E-state index is 14.1. The molecule has 0 aromatic heterocycles. The van der Waals surface area contributed by atoms with Gasteiger partial charge in [-0.15, -0.1) is 0 Å². The molecule has 2 aromatic rings. The average molecular weight is 400 g/mol. The summed E-state index contributed by atoms with van der Waals surface area (Å²) >= 11 is 5.85. The van der Waals surface area contributed by atoms with Crippen molar-refractivity contribution in [2.75, 3.05) is 7.11 Å². The number of hydrogen-bond acceptors (Lipinski definition) is 3. The van der Waals surface area contributed by atoms with Crippen LogP contribution in [0.1, 0.15) is 28.7 Å². The highest BCUT2D eigenvalue weighted by Gasteiger charge is 2.57. The minimum Gasteiger partial charge on any atom is -0.508 e. The van der Waals surface area contributed by atoms with Gasteiger partial charge in [0.2, 0.25) is 0 Å². The SMILES string of the molecule is C=C(CC(OC)(c1cc(O)cc(Cl)c1)C(F)(F)F)c1ccc(CN)c(C)c1. The number of nitrogens with two attached hydrogens (primary N) is 1. The maximum Gasteiger partial charge on any atom is 0.422 e. The van der Waals surface area contributed by atoms with E-state index < -0.39 is 18.2 Å². The maximum atomic E-state index is 14.1. The van der Waals surface area contributed by atoms with E-state index in [9.17, 15) is 18.3 Å². The smallest absolute Gasteiger partial charge is 0.422 e. The Balaban J connectivity index is 2.52. The van der Waals surface area contributed by atoms with Gasteiger partial charge in [-0.05, 0) is 52.9 Å². The molecule has 0 fully saturated rings. The number of benzene rings is 2. The Labute approximate surface area is 161 Å². The second-order valence-corrected chi connectivity index (χ2v) is 6.79. The average Bonchev–Trinajstić information content (AvgIpc) is 2.57. The molecule has 1 unspecified atom stereocenters. The van der Waals surface area contributed by atoms with Gasteiger partial charge in [0, 0.05) is 25.1 Å². The van der Waals surface area contributed by atoms with E-state index in [-0.39, 0.29) is 21.9 Å². The fourth-order valence-electron chi connectivity index (χ4n) is 3.03. The Bertz CT molecular complexity index is 831. The number of aryl methyl sites for hydroxylation is 1. The fraction of sp³-hybridized carbons (Fsp3) is 0.300. The summed E-state index contributed by atoms with van der Waals surface area (Å²) < 4.78 is 47.3. The summed E-state index contributed by atoms with van der Waals surface area (Å²) in [6, 6.07) is 8.49. The highest BCUT2D eigenvalue weighted by molar-refractivity contribution is 6.30. The molecule has 0 heterocycles. The molecule has 3 nitrogen and oxygen atoms in total. The summed E-state index contributed by atoms with van der Waals surface area (Å²) in [5.41, 5.74) is 5.20. The van der Waals surface area contributed by atoms with Crippen LogP contribution in [-0.4, -0.2) is 18.4 Å². The van der Waals surface area contributed by atoms with E-state index in [1.165, 1.54) is 0 Å². The number of rotatable bonds is 6. The Hall–Kier alpha value is -2.02. The second kappa shape index (κ2) is 7.92. The van der Waals surface area contributed by atoms with Crippen molar-refractivity contribution in [3.8, 4) is 5.75 Å². The van der Waals surface area contributed by atoms with E-state index in [0.29, 0.717) is 12.1 Å². The fourth-order valence-corrected chi connectivity index (χ4v) is 3.26. The third-order valence-corrected chi connectivity index (χ3v) is 4.81. The van der Waals surface area contributed by atoms with E-state index in [1.807, 2.05) is 6.92 Å². The Kier molecular flexibility index (Phi) is 6.24. The van der Waals surface area contributed by atoms with Crippen LogP contribution < -0.4 is 5.73 Å². The lowest BCUT2D eigenvalue weighted by atomic mass is 9.84. The highest BCUT2D eigenvalue weighted by Crippen LogP contribution is 2.48. The molecule has 2 aromatic carbocycles. The van der Waals surface area contributed by atoms with E-state index >= 15 is 0 Å². The van der Waals surface area contributed by atoms with Gasteiger partial charge in [-0.1, -0.05) is 36.4 Å². The quantitative estimate of drug-likeness (QED) is 0.691. The minimum atomic E-state index is -4.77. The monoisotopic (exact) mass is 399 g/mol. The summed E-state index contributed by atoms with van der Waals surface area (Å²) in [5.74, 6) is -0.378. The molecule has 27 heavy (non-hydrogen) atoms. The van der Waals surface area contributed by atoms with Crippen LogP contribution in [0.25, 0.3) is 5.57 Å². The minimum absolute atomic E-state index is 0.0237. The van der Waals surface area contributed by atoms with Crippen LogP contribution in [-0.2, 0) is 16.9 Å². The van der Waals surface area contributed by atoms with Crippen molar-refractivity contribution in [2.45, 2.75) is 31.7 Å². The van der Waals surface area contributed by atoms with Crippen molar-refractivity contribution in [2.24, 2.45) is 5.73 Å². The van der Waals surface area contributed by atoms with Gasteiger partial charge in [0.05, 0.1) is 0 Å². The molecule has 146 valence electrons. The molecule has 0 aliphatic heterocycles. The van der Waals surface area contributed by atoms with Gasteiger partial charge < -0.3 is 15.6 Å². The van der Waals surface area contributed by atoms with Crippen LogP contribution in [0.3, 0.4) is 0 Å². The molecule has 0 radical (unpaired) electrons. The second-order valence-electron chi connectivity index (χ2n) is 6.35. The molecule has 0 amide bonds. The van der Waals surface area contributed by atoms with Crippen molar-refractivity contribution in [3.05, 3.63) is 70.3 Å². The summed E-state index contributed by atoms with van der Waals surface area (Å²) in [4.78, 5) is 0. The van der Waals surface area contributed by atoms with Crippen molar-refractivity contribution >= 4 is 17.2 Å². The molecular formula is C20H21ClF3NO2. The topological polar surface area (TPSA) is 55.5 Å². The van der Waals surface area contributed by atoms with Gasteiger partial charge in [-0.3, -0.25) is 0 Å². The van der Waals surface area contributed by atoms with Crippen LogP contribution in [0.2, 0.25) is 5.02 Å². The first kappa shape index (κ1) is 21.3. The molecule has 0 aliphatic rings. The van der Waals surface area contributed by atoms with Crippen LogP contribution >= 0.6 is 11.6 Å². The van der Waals surface area contributed by atoms with Gasteiger partial charge in [0.1, 0.15) is 5.75 Å².